The maximum absolute atomic E-state index is 13.9. The molecule has 2 unspecified atom stereocenters. The number of hydrogen-bond acceptors (Lipinski definition) is 3. The molecule has 0 amide bonds. The van der Waals surface area contributed by atoms with Gasteiger partial charge in [0.05, 0.1) is 11.8 Å². The predicted octanol–water partition coefficient (Wildman–Crippen LogP) is 1.63. The summed E-state index contributed by atoms with van der Waals surface area (Å²) >= 11 is 0. The van der Waals surface area contributed by atoms with Gasteiger partial charge in [-0.1, -0.05) is 13.0 Å². The third-order valence-corrected chi connectivity index (χ3v) is 3.62. The third-order valence-electron chi connectivity index (χ3n) is 3.62. The minimum Gasteiger partial charge on any atom is -0.391 e. The number of piperidine rings is 1. The van der Waals surface area contributed by atoms with E-state index in [2.05, 4.69) is 0 Å². The summed E-state index contributed by atoms with van der Waals surface area (Å²) in [6, 6.07) is 3.03. The summed E-state index contributed by atoms with van der Waals surface area (Å²) in [5.41, 5.74) is 5.70. The van der Waals surface area contributed by atoms with E-state index in [1.165, 1.54) is 12.1 Å². The molecular weight excluding hydrogens is 238 g/mol. The molecule has 1 heterocycles. The lowest BCUT2D eigenvalue weighted by atomic mass is 9.95. The largest absolute Gasteiger partial charge is 0.391 e. The molecular formula is C13H18F2N2O. The van der Waals surface area contributed by atoms with E-state index in [-0.39, 0.29) is 23.7 Å². The molecule has 0 radical (unpaired) electrons. The van der Waals surface area contributed by atoms with Crippen LogP contribution in [0.2, 0.25) is 0 Å². The van der Waals surface area contributed by atoms with Crippen molar-refractivity contribution in [1.29, 1.82) is 0 Å². The Kier molecular flexibility index (Phi) is 3.82. The lowest BCUT2D eigenvalue weighted by molar-refractivity contribution is 0.102. The molecule has 18 heavy (non-hydrogen) atoms. The van der Waals surface area contributed by atoms with Gasteiger partial charge in [0.2, 0.25) is 0 Å². The van der Waals surface area contributed by atoms with Crippen molar-refractivity contribution in [2.45, 2.75) is 26.0 Å². The van der Waals surface area contributed by atoms with Gasteiger partial charge in [0.1, 0.15) is 0 Å². The van der Waals surface area contributed by atoms with Gasteiger partial charge < -0.3 is 15.7 Å². The number of rotatable bonds is 2. The van der Waals surface area contributed by atoms with E-state index in [0.29, 0.717) is 13.1 Å². The van der Waals surface area contributed by atoms with Crippen LogP contribution in [0.3, 0.4) is 0 Å². The zero-order valence-corrected chi connectivity index (χ0v) is 10.4. The fraction of sp³-hybridized carbons (Fsp3) is 0.538. The SMILES string of the molecule is CC1CCN(c2ccc(CN)c(F)c2F)CC1O. The van der Waals surface area contributed by atoms with E-state index >= 15 is 0 Å². The quantitative estimate of drug-likeness (QED) is 0.845. The number of aliphatic hydroxyl groups excluding tert-OH is 1. The summed E-state index contributed by atoms with van der Waals surface area (Å²) in [6.07, 6.45) is 0.260. The fourth-order valence-corrected chi connectivity index (χ4v) is 2.25. The Labute approximate surface area is 105 Å². The summed E-state index contributed by atoms with van der Waals surface area (Å²) in [7, 11) is 0. The number of β-amino-alcohol motifs (C(OH)–C–C–N with tert-alkyl or cyclic N) is 1. The number of hydrogen-bond donors (Lipinski definition) is 2. The van der Waals surface area contributed by atoms with Gasteiger partial charge in [-0.15, -0.1) is 0 Å². The highest BCUT2D eigenvalue weighted by Crippen LogP contribution is 2.28. The molecule has 1 aliphatic heterocycles. The molecule has 0 saturated carbocycles. The Balaban J connectivity index is 2.26. The summed E-state index contributed by atoms with van der Waals surface area (Å²) < 4.78 is 27.6. The van der Waals surface area contributed by atoms with Crippen LogP contribution in [0.5, 0.6) is 0 Å². The van der Waals surface area contributed by atoms with Crippen LogP contribution in [0, 0.1) is 17.6 Å². The van der Waals surface area contributed by atoms with Crippen molar-refractivity contribution >= 4 is 5.69 Å². The fourth-order valence-electron chi connectivity index (χ4n) is 2.25. The number of aliphatic hydroxyl groups is 1. The highest BCUT2D eigenvalue weighted by Gasteiger charge is 2.27. The smallest absolute Gasteiger partial charge is 0.182 e. The van der Waals surface area contributed by atoms with Crippen molar-refractivity contribution in [3.05, 3.63) is 29.3 Å². The highest BCUT2D eigenvalue weighted by molar-refractivity contribution is 5.50. The van der Waals surface area contributed by atoms with Crippen LogP contribution in [0.15, 0.2) is 12.1 Å². The second kappa shape index (κ2) is 5.20. The summed E-state index contributed by atoms with van der Waals surface area (Å²) in [4.78, 5) is 1.68. The first-order chi connectivity index (χ1) is 8.54. The molecule has 2 atom stereocenters. The molecule has 0 aromatic heterocycles. The van der Waals surface area contributed by atoms with Gasteiger partial charge in [0, 0.05) is 25.2 Å². The van der Waals surface area contributed by atoms with Gasteiger partial charge in [0.25, 0.3) is 0 Å². The number of anilines is 1. The van der Waals surface area contributed by atoms with E-state index in [1.54, 1.807) is 4.90 Å². The monoisotopic (exact) mass is 256 g/mol. The molecule has 1 aromatic rings. The van der Waals surface area contributed by atoms with Gasteiger partial charge in [-0.2, -0.15) is 0 Å². The molecule has 1 aliphatic rings. The third kappa shape index (κ3) is 2.33. The zero-order chi connectivity index (χ0) is 13.3. The van der Waals surface area contributed by atoms with E-state index in [9.17, 15) is 13.9 Å². The van der Waals surface area contributed by atoms with Crippen molar-refractivity contribution in [3.8, 4) is 0 Å². The van der Waals surface area contributed by atoms with Crippen molar-refractivity contribution in [3.63, 3.8) is 0 Å². The average Bonchev–Trinajstić information content (AvgIpc) is 2.36. The molecule has 0 spiro atoms. The summed E-state index contributed by atoms with van der Waals surface area (Å²) in [5, 5.41) is 9.79. The lowest BCUT2D eigenvalue weighted by Crippen LogP contribution is -2.43. The molecule has 5 heteroatoms. The first kappa shape index (κ1) is 13.2. The normalized spacial score (nSPS) is 24.4. The van der Waals surface area contributed by atoms with Gasteiger partial charge >= 0.3 is 0 Å². The molecule has 0 aliphatic carbocycles. The Morgan fingerprint density at radius 3 is 2.72 bits per heavy atom. The van der Waals surface area contributed by atoms with Gasteiger partial charge in [-0.05, 0) is 18.4 Å². The van der Waals surface area contributed by atoms with Gasteiger partial charge in [0.15, 0.2) is 11.6 Å². The van der Waals surface area contributed by atoms with Gasteiger partial charge in [-0.3, -0.25) is 0 Å². The molecule has 3 nitrogen and oxygen atoms in total. The Morgan fingerprint density at radius 2 is 2.11 bits per heavy atom. The second-order valence-corrected chi connectivity index (χ2v) is 4.86. The number of nitrogens with two attached hydrogens (primary N) is 1. The minimum atomic E-state index is -0.886. The van der Waals surface area contributed by atoms with Crippen LogP contribution in [-0.2, 0) is 6.54 Å². The maximum Gasteiger partial charge on any atom is 0.182 e. The Bertz CT molecular complexity index is 439. The van der Waals surface area contributed by atoms with Crippen molar-refractivity contribution in [1.82, 2.24) is 0 Å². The highest BCUT2D eigenvalue weighted by atomic mass is 19.2. The zero-order valence-electron chi connectivity index (χ0n) is 10.4. The first-order valence-electron chi connectivity index (χ1n) is 6.14. The lowest BCUT2D eigenvalue weighted by Gasteiger charge is -2.36. The Morgan fingerprint density at radius 1 is 1.39 bits per heavy atom. The predicted molar refractivity (Wildman–Crippen MR) is 66.3 cm³/mol. The number of benzene rings is 1. The van der Waals surface area contributed by atoms with Crippen LogP contribution in [0.1, 0.15) is 18.9 Å². The second-order valence-electron chi connectivity index (χ2n) is 4.86. The molecule has 2 rings (SSSR count). The average molecular weight is 256 g/mol. The van der Waals surface area contributed by atoms with Crippen LogP contribution in [-0.4, -0.2) is 24.3 Å². The maximum atomic E-state index is 13.9. The van der Waals surface area contributed by atoms with Crippen LogP contribution < -0.4 is 10.6 Å². The molecule has 1 saturated heterocycles. The van der Waals surface area contributed by atoms with Crippen molar-refractivity contribution in [2.75, 3.05) is 18.0 Å². The summed E-state index contributed by atoms with van der Waals surface area (Å²) in [6.45, 7) is 2.88. The van der Waals surface area contributed by atoms with Crippen molar-refractivity contribution < 1.29 is 13.9 Å². The first-order valence-corrected chi connectivity index (χ1v) is 6.14. The van der Waals surface area contributed by atoms with E-state index in [1.807, 2.05) is 6.92 Å². The van der Waals surface area contributed by atoms with E-state index < -0.39 is 17.7 Å². The molecule has 1 aromatic carbocycles. The molecule has 100 valence electrons. The van der Waals surface area contributed by atoms with Crippen LogP contribution in [0.4, 0.5) is 14.5 Å². The van der Waals surface area contributed by atoms with Crippen LogP contribution in [0.25, 0.3) is 0 Å². The molecule has 0 bridgehead atoms. The van der Waals surface area contributed by atoms with Crippen molar-refractivity contribution in [2.24, 2.45) is 11.7 Å². The number of nitrogens with zero attached hydrogens (tertiary/aromatic N) is 1. The number of halogens is 2. The van der Waals surface area contributed by atoms with E-state index in [0.717, 1.165) is 6.42 Å². The van der Waals surface area contributed by atoms with Gasteiger partial charge in [-0.25, -0.2) is 8.78 Å². The summed E-state index contributed by atoms with van der Waals surface area (Å²) in [5.74, 6) is -1.57. The van der Waals surface area contributed by atoms with E-state index in [4.69, 9.17) is 5.73 Å². The molecule has 1 fully saturated rings. The standard InChI is InChI=1S/C13H18F2N2O/c1-8-4-5-17(7-11(8)18)10-3-2-9(6-16)12(14)13(10)15/h2-3,8,11,18H,4-7,16H2,1H3. The topological polar surface area (TPSA) is 49.5 Å². The minimum absolute atomic E-state index is 0.0251. The Hall–Kier alpha value is -1.20. The van der Waals surface area contributed by atoms with Crippen LogP contribution >= 0.6 is 0 Å². The molecule has 3 N–H and O–H groups in total.